The SMILES string of the molecule is O=C(O)c1ccc(S(=O)(=O)O)cc1C(=O)Nc1cc(S(=O)(=O)O)cc2ccc(C3C(=O)c4cc5ccccc5cc4C3O)nc12. The van der Waals surface area contributed by atoms with Gasteiger partial charge >= 0.3 is 5.97 Å². The van der Waals surface area contributed by atoms with Gasteiger partial charge in [-0.15, -0.1) is 0 Å². The number of Topliss-reactive ketones (excluding diaryl/α,β-unsaturated/α-hetero) is 1. The van der Waals surface area contributed by atoms with Gasteiger partial charge in [0.05, 0.1) is 49.8 Å². The van der Waals surface area contributed by atoms with Gasteiger partial charge in [-0.25, -0.2) is 9.78 Å². The van der Waals surface area contributed by atoms with Crippen LogP contribution in [0.1, 0.15) is 54.4 Å². The first kappa shape index (κ1) is 30.0. The number of carbonyl (C=O) groups is 3. The number of pyridine rings is 1. The summed E-state index contributed by atoms with van der Waals surface area (Å²) in [5.74, 6) is -4.44. The van der Waals surface area contributed by atoms with Gasteiger partial charge < -0.3 is 15.5 Å². The van der Waals surface area contributed by atoms with Gasteiger partial charge in [-0.2, -0.15) is 16.8 Å². The maximum absolute atomic E-state index is 13.5. The van der Waals surface area contributed by atoms with Crippen molar-refractivity contribution in [3.63, 3.8) is 0 Å². The lowest BCUT2D eigenvalue weighted by molar-refractivity contribution is 0.0691. The number of nitrogens with zero attached hydrogens (tertiary/aromatic N) is 1. The first-order valence-corrected chi connectivity index (χ1v) is 15.8. The molecule has 0 radical (unpaired) electrons. The van der Waals surface area contributed by atoms with E-state index in [1.54, 1.807) is 12.1 Å². The molecule has 0 saturated carbocycles. The van der Waals surface area contributed by atoms with Crippen LogP contribution in [-0.2, 0) is 20.2 Å². The maximum atomic E-state index is 13.5. The number of aliphatic hydroxyl groups is 1. The number of carboxylic acids is 1. The zero-order valence-corrected chi connectivity index (χ0v) is 24.2. The lowest BCUT2D eigenvalue weighted by Crippen LogP contribution is -2.18. The van der Waals surface area contributed by atoms with E-state index < -0.39 is 70.8 Å². The molecule has 4 aromatic carbocycles. The summed E-state index contributed by atoms with van der Waals surface area (Å²) in [7, 11) is -9.69. The fraction of sp³-hybridized carbons (Fsp3) is 0.0667. The fourth-order valence-corrected chi connectivity index (χ4v) is 6.44. The molecule has 2 atom stereocenters. The number of hydrogen-bond acceptors (Lipinski definition) is 9. The van der Waals surface area contributed by atoms with Crippen LogP contribution in [0.15, 0.2) is 88.7 Å². The van der Waals surface area contributed by atoms with Gasteiger partial charge in [-0.1, -0.05) is 30.3 Å². The summed E-state index contributed by atoms with van der Waals surface area (Å²) in [6.07, 6.45) is -1.29. The third-order valence-corrected chi connectivity index (χ3v) is 9.20. The molecule has 15 heteroatoms. The minimum atomic E-state index is -4.85. The standard InChI is InChI=1S/C30H20N2O11S2/c33-27-20-10-14-3-1-2-4-15(14)11-21(20)28(34)25(27)23-8-5-16-9-18(45(41,42)43)13-24(26(16)31-23)32-29(35)22-12-17(44(38,39)40)6-7-19(22)30(36)37/h1-13,25,27,33H,(H,32,35)(H,36,37)(H,38,39,40)(H,41,42,43). The number of anilines is 1. The van der Waals surface area contributed by atoms with Crippen molar-refractivity contribution in [3.05, 3.63) is 107 Å². The molecular formula is C30H20N2O11S2. The third kappa shape index (κ3) is 5.32. The molecule has 5 aromatic rings. The number of ketones is 1. The first-order chi connectivity index (χ1) is 21.1. The highest BCUT2D eigenvalue weighted by molar-refractivity contribution is 7.86. The van der Waals surface area contributed by atoms with Crippen molar-refractivity contribution in [1.29, 1.82) is 0 Å². The molecule has 6 rings (SSSR count). The summed E-state index contributed by atoms with van der Waals surface area (Å²) >= 11 is 0. The number of hydrogen-bond donors (Lipinski definition) is 5. The number of rotatable bonds is 6. The van der Waals surface area contributed by atoms with E-state index in [0.29, 0.717) is 17.2 Å². The minimum Gasteiger partial charge on any atom is -0.478 e. The van der Waals surface area contributed by atoms with Crippen LogP contribution in [0.2, 0.25) is 0 Å². The molecule has 1 heterocycles. The molecule has 13 nitrogen and oxygen atoms in total. The van der Waals surface area contributed by atoms with Crippen LogP contribution in [0.4, 0.5) is 5.69 Å². The Bertz CT molecular complexity index is 2350. The molecule has 2 unspecified atom stereocenters. The van der Waals surface area contributed by atoms with Gasteiger partial charge in [0.25, 0.3) is 26.1 Å². The molecule has 5 N–H and O–H groups in total. The summed E-state index contributed by atoms with van der Waals surface area (Å²) in [5, 5.41) is 24.7. The van der Waals surface area contributed by atoms with Crippen LogP contribution in [0, 0.1) is 0 Å². The topological polar surface area (TPSA) is 225 Å². The predicted octanol–water partition coefficient (Wildman–Crippen LogP) is 3.85. The van der Waals surface area contributed by atoms with Crippen LogP contribution >= 0.6 is 0 Å². The normalized spacial score (nSPS) is 16.6. The van der Waals surface area contributed by atoms with E-state index in [4.69, 9.17) is 0 Å². The van der Waals surface area contributed by atoms with Crippen LogP contribution < -0.4 is 5.32 Å². The number of fused-ring (bicyclic) bond motifs is 3. The zero-order chi connectivity index (χ0) is 32.4. The van der Waals surface area contributed by atoms with Crippen LogP contribution in [0.5, 0.6) is 0 Å². The van der Waals surface area contributed by atoms with Crippen molar-refractivity contribution in [2.75, 3.05) is 5.32 Å². The second-order valence-electron chi connectivity index (χ2n) is 10.3. The van der Waals surface area contributed by atoms with E-state index in [1.807, 2.05) is 24.3 Å². The molecule has 1 amide bonds. The molecule has 1 aliphatic carbocycles. The van der Waals surface area contributed by atoms with E-state index >= 15 is 0 Å². The van der Waals surface area contributed by atoms with Crippen molar-refractivity contribution < 1.29 is 50.5 Å². The Labute approximate surface area is 254 Å². The maximum Gasteiger partial charge on any atom is 0.336 e. The Kier molecular flexibility index (Phi) is 7.02. The molecule has 1 aliphatic rings. The largest absolute Gasteiger partial charge is 0.478 e. The van der Waals surface area contributed by atoms with E-state index in [2.05, 4.69) is 10.3 Å². The molecule has 0 aliphatic heterocycles. The first-order valence-electron chi connectivity index (χ1n) is 13.0. The molecule has 45 heavy (non-hydrogen) atoms. The Morgan fingerprint density at radius 2 is 1.42 bits per heavy atom. The number of nitrogens with one attached hydrogen (secondary N) is 1. The number of benzene rings is 4. The average Bonchev–Trinajstić information content (AvgIpc) is 3.22. The van der Waals surface area contributed by atoms with Crippen molar-refractivity contribution in [2.24, 2.45) is 0 Å². The fourth-order valence-electron chi connectivity index (χ4n) is 5.39. The zero-order valence-electron chi connectivity index (χ0n) is 22.6. The lowest BCUT2D eigenvalue weighted by atomic mass is 9.97. The molecule has 0 fully saturated rings. The van der Waals surface area contributed by atoms with Crippen molar-refractivity contribution in [3.8, 4) is 0 Å². The van der Waals surface area contributed by atoms with Crippen LogP contribution in [-0.4, -0.2) is 58.8 Å². The second-order valence-corrected chi connectivity index (χ2v) is 13.1. The van der Waals surface area contributed by atoms with Gasteiger partial charge in [-0.05, 0) is 64.9 Å². The van der Waals surface area contributed by atoms with E-state index in [9.17, 15) is 50.5 Å². The highest BCUT2D eigenvalue weighted by Crippen LogP contribution is 2.44. The van der Waals surface area contributed by atoms with Crippen molar-refractivity contribution in [2.45, 2.75) is 21.8 Å². The van der Waals surface area contributed by atoms with Gasteiger partial charge in [-0.3, -0.25) is 18.7 Å². The Morgan fingerprint density at radius 3 is 2.07 bits per heavy atom. The summed E-state index contributed by atoms with van der Waals surface area (Å²) in [4.78, 5) is 41.7. The minimum absolute atomic E-state index is 0.0648. The van der Waals surface area contributed by atoms with E-state index in [0.717, 1.165) is 35.0 Å². The second kappa shape index (κ2) is 10.5. The number of aromatic carboxylic acids is 1. The summed E-state index contributed by atoms with van der Waals surface area (Å²) in [5.41, 5.74) is -1.06. The Hall–Kier alpha value is -5.06. The summed E-state index contributed by atoms with van der Waals surface area (Å²) in [6, 6.07) is 17.5. The van der Waals surface area contributed by atoms with Gasteiger partial charge in [0.2, 0.25) is 0 Å². The highest BCUT2D eigenvalue weighted by Gasteiger charge is 2.41. The summed E-state index contributed by atoms with van der Waals surface area (Å²) in [6.45, 7) is 0. The van der Waals surface area contributed by atoms with Gasteiger partial charge in [0.1, 0.15) is 0 Å². The smallest absolute Gasteiger partial charge is 0.336 e. The Balaban J connectivity index is 1.48. The lowest BCUT2D eigenvalue weighted by Gasteiger charge is -2.16. The van der Waals surface area contributed by atoms with Crippen LogP contribution in [0.3, 0.4) is 0 Å². The van der Waals surface area contributed by atoms with Crippen molar-refractivity contribution >= 4 is 65.3 Å². The van der Waals surface area contributed by atoms with E-state index in [-0.39, 0.29) is 22.3 Å². The third-order valence-electron chi connectivity index (χ3n) is 7.52. The number of amides is 1. The molecule has 0 bridgehead atoms. The summed E-state index contributed by atoms with van der Waals surface area (Å²) < 4.78 is 66.6. The average molecular weight is 649 g/mol. The Morgan fingerprint density at radius 1 is 0.756 bits per heavy atom. The monoisotopic (exact) mass is 648 g/mol. The molecule has 1 aromatic heterocycles. The number of aromatic nitrogens is 1. The number of aliphatic hydroxyl groups excluding tert-OH is 1. The molecular weight excluding hydrogens is 628 g/mol. The molecule has 0 saturated heterocycles. The molecule has 228 valence electrons. The van der Waals surface area contributed by atoms with Crippen LogP contribution in [0.25, 0.3) is 21.7 Å². The number of carboxylic acid groups (broad SMARTS) is 1. The van der Waals surface area contributed by atoms with Crippen molar-refractivity contribution in [1.82, 2.24) is 4.98 Å². The van der Waals surface area contributed by atoms with Gasteiger partial charge in [0.15, 0.2) is 5.78 Å². The predicted molar refractivity (Wildman–Crippen MR) is 159 cm³/mol. The molecule has 0 spiro atoms. The van der Waals surface area contributed by atoms with Gasteiger partial charge in [0, 0.05) is 10.9 Å². The quantitative estimate of drug-likeness (QED) is 0.166. The highest BCUT2D eigenvalue weighted by atomic mass is 32.2. The van der Waals surface area contributed by atoms with E-state index in [1.165, 1.54) is 12.1 Å². The number of carbonyl (C=O) groups excluding carboxylic acids is 2.